The molecule has 0 radical (unpaired) electrons. The molecule has 1 aromatic rings. The third-order valence-corrected chi connectivity index (χ3v) is 3.45. The molecule has 0 saturated carbocycles. The summed E-state index contributed by atoms with van der Waals surface area (Å²) in [5.41, 5.74) is 7.28. The molecule has 2 N–H and O–H groups in total. The first-order valence-electron chi connectivity index (χ1n) is 5.78. The zero-order chi connectivity index (χ0) is 10.7. The second kappa shape index (κ2) is 4.77. The second-order valence-electron chi connectivity index (χ2n) is 4.47. The Morgan fingerprint density at radius 3 is 2.73 bits per heavy atom. The summed E-state index contributed by atoms with van der Waals surface area (Å²) in [6.45, 7) is 1.99. The summed E-state index contributed by atoms with van der Waals surface area (Å²) in [7, 11) is 2.21. The van der Waals surface area contributed by atoms with Crippen LogP contribution in [0, 0.1) is 5.92 Å². The highest BCUT2D eigenvalue weighted by Gasteiger charge is 2.28. The summed E-state index contributed by atoms with van der Waals surface area (Å²) in [5.74, 6) is 0.617. The van der Waals surface area contributed by atoms with E-state index in [2.05, 4.69) is 42.3 Å². The van der Waals surface area contributed by atoms with Gasteiger partial charge in [-0.2, -0.15) is 0 Å². The summed E-state index contributed by atoms with van der Waals surface area (Å²) < 4.78 is 0. The highest BCUT2D eigenvalue weighted by atomic mass is 15.1. The van der Waals surface area contributed by atoms with Gasteiger partial charge in [-0.3, -0.25) is 4.90 Å². The molecule has 82 valence electrons. The molecule has 2 atom stereocenters. The average Bonchev–Trinajstić information content (AvgIpc) is 2.29. The molecule has 1 saturated heterocycles. The van der Waals surface area contributed by atoms with Crippen LogP contribution < -0.4 is 5.73 Å². The zero-order valence-corrected chi connectivity index (χ0v) is 9.39. The van der Waals surface area contributed by atoms with Crippen molar-refractivity contribution in [1.29, 1.82) is 0 Å². The fourth-order valence-corrected chi connectivity index (χ4v) is 2.68. The van der Waals surface area contributed by atoms with Crippen molar-refractivity contribution in [1.82, 2.24) is 4.90 Å². The van der Waals surface area contributed by atoms with Crippen molar-refractivity contribution >= 4 is 0 Å². The molecule has 0 unspecified atom stereocenters. The number of piperidine rings is 1. The Balaban J connectivity index is 2.23. The van der Waals surface area contributed by atoms with E-state index in [1.807, 2.05) is 0 Å². The third kappa shape index (κ3) is 2.21. The van der Waals surface area contributed by atoms with Crippen molar-refractivity contribution in [3.8, 4) is 0 Å². The molecule has 15 heavy (non-hydrogen) atoms. The van der Waals surface area contributed by atoms with Crippen LogP contribution in [0.3, 0.4) is 0 Å². The van der Waals surface area contributed by atoms with E-state index >= 15 is 0 Å². The van der Waals surface area contributed by atoms with Crippen LogP contribution >= 0.6 is 0 Å². The van der Waals surface area contributed by atoms with Crippen LogP contribution in [0.2, 0.25) is 0 Å². The normalized spacial score (nSPS) is 27.9. The molecule has 2 heteroatoms. The quantitative estimate of drug-likeness (QED) is 0.798. The summed E-state index contributed by atoms with van der Waals surface area (Å²) >= 11 is 0. The molecule has 0 aromatic heterocycles. The maximum absolute atomic E-state index is 5.87. The Hall–Kier alpha value is -0.860. The van der Waals surface area contributed by atoms with Crippen molar-refractivity contribution in [3.05, 3.63) is 35.9 Å². The largest absolute Gasteiger partial charge is 0.330 e. The predicted molar refractivity (Wildman–Crippen MR) is 63.6 cm³/mol. The molecule has 1 aliphatic heterocycles. The van der Waals surface area contributed by atoms with Gasteiger partial charge < -0.3 is 5.73 Å². The van der Waals surface area contributed by atoms with E-state index in [4.69, 9.17) is 5.73 Å². The molecule has 2 rings (SSSR count). The molecule has 0 amide bonds. The molecule has 2 nitrogen and oxygen atoms in total. The number of likely N-dealkylation sites (tertiary alicyclic amines) is 1. The van der Waals surface area contributed by atoms with Crippen LogP contribution in [-0.4, -0.2) is 25.0 Å². The van der Waals surface area contributed by atoms with E-state index in [1.54, 1.807) is 0 Å². The molecule has 0 aliphatic carbocycles. The molecule has 0 spiro atoms. The average molecular weight is 204 g/mol. The van der Waals surface area contributed by atoms with Gasteiger partial charge in [0.15, 0.2) is 0 Å². The summed E-state index contributed by atoms with van der Waals surface area (Å²) in [4.78, 5) is 2.44. The van der Waals surface area contributed by atoms with Gasteiger partial charge in [0.05, 0.1) is 0 Å². The number of nitrogens with zero attached hydrogens (tertiary/aromatic N) is 1. The minimum atomic E-state index is 0.518. The highest BCUT2D eigenvalue weighted by Crippen LogP contribution is 2.33. The Kier molecular flexibility index (Phi) is 3.39. The molecular weight excluding hydrogens is 184 g/mol. The monoisotopic (exact) mass is 204 g/mol. The van der Waals surface area contributed by atoms with Gasteiger partial charge in [0.2, 0.25) is 0 Å². The Labute approximate surface area is 92.1 Å². The van der Waals surface area contributed by atoms with Crippen LogP contribution in [-0.2, 0) is 0 Å². The van der Waals surface area contributed by atoms with Gasteiger partial charge in [0.25, 0.3) is 0 Å². The lowest BCUT2D eigenvalue weighted by atomic mass is 9.85. The lowest BCUT2D eigenvalue weighted by Crippen LogP contribution is -2.39. The number of benzene rings is 1. The number of nitrogens with two attached hydrogens (primary N) is 1. The lowest BCUT2D eigenvalue weighted by molar-refractivity contribution is 0.125. The first-order valence-corrected chi connectivity index (χ1v) is 5.78. The van der Waals surface area contributed by atoms with Gasteiger partial charge in [0.1, 0.15) is 0 Å². The first-order chi connectivity index (χ1) is 7.33. The summed E-state index contributed by atoms with van der Waals surface area (Å²) in [5, 5.41) is 0. The Morgan fingerprint density at radius 2 is 2.07 bits per heavy atom. The summed E-state index contributed by atoms with van der Waals surface area (Å²) in [6.07, 6.45) is 2.54. The van der Waals surface area contributed by atoms with Gasteiger partial charge in [-0.05, 0) is 44.5 Å². The van der Waals surface area contributed by atoms with Gasteiger partial charge in [0, 0.05) is 6.04 Å². The smallest absolute Gasteiger partial charge is 0.0385 e. The highest BCUT2D eigenvalue weighted by molar-refractivity contribution is 5.20. The topological polar surface area (TPSA) is 29.3 Å². The Morgan fingerprint density at radius 1 is 1.33 bits per heavy atom. The lowest BCUT2D eigenvalue weighted by Gasteiger charge is -2.39. The Bertz CT molecular complexity index is 297. The molecule has 1 heterocycles. The van der Waals surface area contributed by atoms with Crippen LogP contribution in [0.15, 0.2) is 30.3 Å². The number of hydrogen-bond donors (Lipinski definition) is 1. The number of hydrogen-bond acceptors (Lipinski definition) is 2. The van der Waals surface area contributed by atoms with E-state index in [-0.39, 0.29) is 0 Å². The maximum Gasteiger partial charge on any atom is 0.0385 e. The molecule has 1 aliphatic rings. The first kappa shape index (κ1) is 10.7. The van der Waals surface area contributed by atoms with E-state index in [9.17, 15) is 0 Å². The fourth-order valence-electron chi connectivity index (χ4n) is 2.68. The van der Waals surface area contributed by atoms with E-state index < -0.39 is 0 Å². The van der Waals surface area contributed by atoms with Crippen molar-refractivity contribution in [3.63, 3.8) is 0 Å². The van der Waals surface area contributed by atoms with Gasteiger partial charge in [-0.25, -0.2) is 0 Å². The van der Waals surface area contributed by atoms with Crippen LogP contribution in [0.25, 0.3) is 0 Å². The van der Waals surface area contributed by atoms with Gasteiger partial charge in [-0.1, -0.05) is 30.3 Å². The SMILES string of the molecule is CN1CCC[C@@H](CN)[C@H]1c1ccccc1. The standard InChI is InChI=1S/C13H20N2/c1-15-9-5-8-12(10-14)13(15)11-6-3-2-4-7-11/h2-4,6-7,12-13H,5,8-10,14H2,1H3/t12-,13+/m0/s1. The van der Waals surface area contributed by atoms with E-state index in [1.165, 1.54) is 24.9 Å². The predicted octanol–water partition coefficient (Wildman–Crippen LogP) is 2.03. The fraction of sp³-hybridized carbons (Fsp3) is 0.538. The van der Waals surface area contributed by atoms with Crippen LogP contribution in [0.1, 0.15) is 24.4 Å². The summed E-state index contributed by atoms with van der Waals surface area (Å²) in [6, 6.07) is 11.3. The van der Waals surface area contributed by atoms with E-state index in [0.717, 1.165) is 6.54 Å². The maximum atomic E-state index is 5.87. The molecule has 1 fully saturated rings. The molecular formula is C13H20N2. The van der Waals surface area contributed by atoms with E-state index in [0.29, 0.717) is 12.0 Å². The van der Waals surface area contributed by atoms with Crippen LogP contribution in [0.4, 0.5) is 0 Å². The molecule has 1 aromatic carbocycles. The number of rotatable bonds is 2. The van der Waals surface area contributed by atoms with Crippen molar-refractivity contribution in [2.24, 2.45) is 11.7 Å². The third-order valence-electron chi connectivity index (χ3n) is 3.45. The van der Waals surface area contributed by atoms with Crippen molar-refractivity contribution in [2.75, 3.05) is 20.1 Å². The minimum absolute atomic E-state index is 0.518. The zero-order valence-electron chi connectivity index (χ0n) is 9.39. The minimum Gasteiger partial charge on any atom is -0.330 e. The van der Waals surface area contributed by atoms with Gasteiger partial charge >= 0.3 is 0 Å². The van der Waals surface area contributed by atoms with Crippen molar-refractivity contribution in [2.45, 2.75) is 18.9 Å². The molecule has 0 bridgehead atoms. The van der Waals surface area contributed by atoms with Crippen LogP contribution in [0.5, 0.6) is 0 Å². The van der Waals surface area contributed by atoms with Gasteiger partial charge in [-0.15, -0.1) is 0 Å². The second-order valence-corrected chi connectivity index (χ2v) is 4.47. The van der Waals surface area contributed by atoms with Crippen molar-refractivity contribution < 1.29 is 0 Å².